The minimum atomic E-state index is -4.17. The summed E-state index contributed by atoms with van der Waals surface area (Å²) >= 11 is 5.84. The van der Waals surface area contributed by atoms with E-state index in [-0.39, 0.29) is 18.2 Å². The minimum Gasteiger partial charge on any atom is -0.448 e. The summed E-state index contributed by atoms with van der Waals surface area (Å²) in [5.41, 5.74) is -0.541. The molecule has 1 amide bonds. The predicted molar refractivity (Wildman–Crippen MR) is 90.0 cm³/mol. The van der Waals surface area contributed by atoms with Crippen molar-refractivity contribution in [1.29, 1.82) is 0 Å². The summed E-state index contributed by atoms with van der Waals surface area (Å²) < 4.78 is 32.1. The van der Waals surface area contributed by atoms with E-state index in [0.717, 1.165) is 22.9 Å². The molecular weight excluding hydrogens is 374 g/mol. The van der Waals surface area contributed by atoms with Gasteiger partial charge in [0, 0.05) is 24.7 Å². The molecule has 1 unspecified atom stereocenters. The van der Waals surface area contributed by atoms with E-state index in [0.29, 0.717) is 12.8 Å². The number of hydrogen-bond donors (Lipinski definition) is 1. The molecule has 1 N–H and O–H groups in total. The van der Waals surface area contributed by atoms with E-state index in [4.69, 9.17) is 16.3 Å². The van der Waals surface area contributed by atoms with Gasteiger partial charge in [0.25, 0.3) is 5.69 Å². The molecule has 1 fully saturated rings. The largest absolute Gasteiger partial charge is 0.448 e. The van der Waals surface area contributed by atoms with E-state index in [9.17, 15) is 23.3 Å². The second-order valence-electron chi connectivity index (χ2n) is 5.48. The molecule has 1 aliphatic heterocycles. The maximum Gasteiger partial charge on any atom is 0.406 e. The van der Waals surface area contributed by atoms with Crippen molar-refractivity contribution in [3.05, 3.63) is 33.3 Å². The van der Waals surface area contributed by atoms with Crippen molar-refractivity contribution >= 4 is 33.4 Å². The number of nitrogens with one attached hydrogen (secondary N) is 1. The Morgan fingerprint density at radius 1 is 1.48 bits per heavy atom. The highest BCUT2D eigenvalue weighted by Crippen LogP contribution is 2.32. The van der Waals surface area contributed by atoms with Crippen LogP contribution in [0.2, 0.25) is 5.02 Å². The van der Waals surface area contributed by atoms with Gasteiger partial charge in [0.05, 0.1) is 11.0 Å². The highest BCUT2D eigenvalue weighted by atomic mass is 35.5. The molecule has 138 valence electrons. The Morgan fingerprint density at radius 3 is 2.84 bits per heavy atom. The van der Waals surface area contributed by atoms with Crippen LogP contribution in [-0.2, 0) is 14.8 Å². The number of nitro benzene ring substituents is 1. The molecule has 11 heteroatoms. The first-order valence-corrected chi connectivity index (χ1v) is 9.39. The number of benzene rings is 1. The molecule has 1 aliphatic rings. The van der Waals surface area contributed by atoms with Gasteiger partial charge in [-0.25, -0.2) is 13.2 Å². The van der Waals surface area contributed by atoms with Crippen LogP contribution in [-0.4, -0.2) is 50.0 Å². The van der Waals surface area contributed by atoms with Crippen molar-refractivity contribution in [3.63, 3.8) is 0 Å². The Balaban J connectivity index is 2.37. The Labute approximate surface area is 150 Å². The van der Waals surface area contributed by atoms with Crippen LogP contribution in [0.15, 0.2) is 23.1 Å². The summed E-state index contributed by atoms with van der Waals surface area (Å²) in [6.45, 7) is 0.0566. The van der Waals surface area contributed by atoms with E-state index in [1.807, 2.05) is 0 Å². The van der Waals surface area contributed by atoms with E-state index >= 15 is 0 Å². The number of halogens is 1. The summed E-state index contributed by atoms with van der Waals surface area (Å²) in [6, 6.07) is 2.81. The van der Waals surface area contributed by atoms with Crippen LogP contribution in [0.5, 0.6) is 0 Å². The van der Waals surface area contributed by atoms with Gasteiger partial charge in [-0.2, -0.15) is 4.31 Å². The molecule has 0 radical (unpaired) electrons. The first-order valence-electron chi connectivity index (χ1n) is 7.57. The Hall–Kier alpha value is -1.91. The van der Waals surface area contributed by atoms with Gasteiger partial charge < -0.3 is 10.1 Å². The topological polar surface area (TPSA) is 119 Å². The van der Waals surface area contributed by atoms with Crippen LogP contribution in [0.1, 0.15) is 19.3 Å². The van der Waals surface area contributed by atoms with Crippen LogP contribution < -0.4 is 5.32 Å². The SMILES string of the molecule is CNC(=O)OCC1CCCCN1S(=O)(=O)c1cc(Cl)ccc1[N+](=O)[O-]. The molecule has 1 atom stereocenters. The van der Waals surface area contributed by atoms with Crippen LogP contribution in [0.3, 0.4) is 0 Å². The highest BCUT2D eigenvalue weighted by molar-refractivity contribution is 7.89. The zero-order valence-electron chi connectivity index (χ0n) is 13.5. The lowest BCUT2D eigenvalue weighted by atomic mass is 10.1. The van der Waals surface area contributed by atoms with Gasteiger partial charge in [-0.1, -0.05) is 18.0 Å². The fraction of sp³-hybridized carbons (Fsp3) is 0.500. The third-order valence-electron chi connectivity index (χ3n) is 3.89. The molecule has 0 aliphatic carbocycles. The third kappa shape index (κ3) is 4.39. The van der Waals surface area contributed by atoms with Crippen LogP contribution in [0.4, 0.5) is 10.5 Å². The fourth-order valence-corrected chi connectivity index (χ4v) is 4.77. The first kappa shape index (κ1) is 19.4. The number of ether oxygens (including phenoxy) is 1. The van der Waals surface area contributed by atoms with E-state index in [1.165, 1.54) is 13.1 Å². The zero-order chi connectivity index (χ0) is 18.6. The third-order valence-corrected chi connectivity index (χ3v) is 6.11. The summed E-state index contributed by atoms with van der Waals surface area (Å²) in [5, 5.41) is 13.6. The number of nitrogens with zero attached hydrogens (tertiary/aromatic N) is 2. The molecule has 0 saturated carbocycles. The van der Waals surface area contributed by atoms with E-state index in [1.54, 1.807) is 0 Å². The molecule has 1 aromatic carbocycles. The second-order valence-corrected chi connectivity index (χ2v) is 7.78. The van der Waals surface area contributed by atoms with Gasteiger partial charge in [-0.05, 0) is 25.0 Å². The van der Waals surface area contributed by atoms with Crippen molar-refractivity contribution in [2.24, 2.45) is 0 Å². The molecular formula is C14H18ClN3O6S. The number of piperidine rings is 1. The Kier molecular flexibility index (Phi) is 6.20. The monoisotopic (exact) mass is 391 g/mol. The van der Waals surface area contributed by atoms with Gasteiger partial charge in [0.15, 0.2) is 4.90 Å². The maximum absolute atomic E-state index is 13.0. The van der Waals surface area contributed by atoms with Gasteiger partial charge in [0.1, 0.15) is 6.61 Å². The first-order chi connectivity index (χ1) is 11.8. The lowest BCUT2D eigenvalue weighted by Gasteiger charge is -2.34. The lowest BCUT2D eigenvalue weighted by molar-refractivity contribution is -0.387. The van der Waals surface area contributed by atoms with Gasteiger partial charge in [-0.3, -0.25) is 10.1 Å². The molecule has 9 nitrogen and oxygen atoms in total. The molecule has 2 rings (SSSR count). The van der Waals surface area contributed by atoms with Crippen LogP contribution in [0, 0.1) is 10.1 Å². The van der Waals surface area contributed by atoms with Crippen LogP contribution >= 0.6 is 11.6 Å². The van der Waals surface area contributed by atoms with Crippen LogP contribution in [0.25, 0.3) is 0 Å². The number of sulfonamides is 1. The van der Waals surface area contributed by atoms with Crippen molar-refractivity contribution < 1.29 is 22.9 Å². The van der Waals surface area contributed by atoms with E-state index < -0.39 is 37.7 Å². The molecule has 1 heterocycles. The van der Waals surface area contributed by atoms with E-state index in [2.05, 4.69) is 5.32 Å². The number of alkyl carbamates (subject to hydrolysis) is 1. The number of nitro groups is 1. The van der Waals surface area contributed by atoms with Gasteiger partial charge >= 0.3 is 6.09 Å². The standard InChI is InChI=1S/C14H18ClN3O6S/c1-16-14(19)24-9-11-4-2-3-7-17(11)25(22,23)13-8-10(15)5-6-12(13)18(20)21/h5-6,8,11H,2-4,7,9H2,1H3,(H,16,19). The fourth-order valence-electron chi connectivity index (χ4n) is 2.67. The predicted octanol–water partition coefficient (Wildman–Crippen LogP) is 2.15. The summed E-state index contributed by atoms with van der Waals surface area (Å²) in [7, 11) is -2.77. The maximum atomic E-state index is 13.0. The number of carbonyl (C=O) groups is 1. The lowest BCUT2D eigenvalue weighted by Crippen LogP contribution is -2.46. The number of rotatable bonds is 5. The number of amides is 1. The Morgan fingerprint density at radius 2 is 2.20 bits per heavy atom. The molecule has 0 spiro atoms. The molecule has 1 aromatic rings. The number of carbonyl (C=O) groups excluding carboxylic acids is 1. The molecule has 0 aromatic heterocycles. The van der Waals surface area contributed by atoms with Crippen molar-refractivity contribution in [3.8, 4) is 0 Å². The summed E-state index contributed by atoms with van der Waals surface area (Å²) in [6.07, 6.45) is 1.21. The van der Waals surface area contributed by atoms with Crippen molar-refractivity contribution in [2.45, 2.75) is 30.2 Å². The minimum absolute atomic E-state index is 0.0827. The summed E-state index contributed by atoms with van der Waals surface area (Å²) in [4.78, 5) is 21.2. The average Bonchev–Trinajstić information content (AvgIpc) is 2.59. The average molecular weight is 392 g/mol. The van der Waals surface area contributed by atoms with Crippen molar-refractivity contribution in [2.75, 3.05) is 20.2 Å². The normalized spacial score (nSPS) is 18.6. The molecule has 25 heavy (non-hydrogen) atoms. The second kappa shape index (κ2) is 7.98. The quantitative estimate of drug-likeness (QED) is 0.606. The van der Waals surface area contributed by atoms with Crippen molar-refractivity contribution in [1.82, 2.24) is 9.62 Å². The summed E-state index contributed by atoms with van der Waals surface area (Å²) in [5.74, 6) is 0. The Bertz CT molecular complexity index is 770. The highest BCUT2D eigenvalue weighted by Gasteiger charge is 2.38. The smallest absolute Gasteiger partial charge is 0.406 e. The van der Waals surface area contributed by atoms with Gasteiger partial charge in [0.2, 0.25) is 10.0 Å². The molecule has 0 bridgehead atoms. The zero-order valence-corrected chi connectivity index (χ0v) is 15.0. The van der Waals surface area contributed by atoms with Gasteiger partial charge in [-0.15, -0.1) is 0 Å². The molecule has 1 saturated heterocycles. The number of hydrogen-bond acceptors (Lipinski definition) is 6.